The molecule has 0 aliphatic carbocycles. The van der Waals surface area contributed by atoms with Crippen molar-refractivity contribution in [3.8, 4) is 0 Å². The van der Waals surface area contributed by atoms with E-state index in [1.54, 1.807) is 59.5 Å². The van der Waals surface area contributed by atoms with Crippen LogP contribution in [0.3, 0.4) is 0 Å². The van der Waals surface area contributed by atoms with Crippen LogP contribution >= 0.6 is 11.6 Å². The molecular formula is C30H25ClN2O3S. The van der Waals surface area contributed by atoms with Crippen LogP contribution < -0.4 is 10.2 Å². The fraction of sp³-hybridized carbons (Fsp3) is 0.133. The van der Waals surface area contributed by atoms with Gasteiger partial charge in [-0.3, -0.25) is 9.59 Å². The highest BCUT2D eigenvalue weighted by Crippen LogP contribution is 2.36. The molecule has 0 fully saturated rings. The molecule has 7 heteroatoms. The summed E-state index contributed by atoms with van der Waals surface area (Å²) in [4.78, 5) is 29.5. The van der Waals surface area contributed by atoms with Crippen molar-refractivity contribution >= 4 is 39.9 Å². The summed E-state index contributed by atoms with van der Waals surface area (Å²) < 4.78 is 13.6. The maximum Gasteiger partial charge on any atom is 0.259 e. The number of benzene rings is 4. The van der Waals surface area contributed by atoms with Crippen LogP contribution in [-0.2, 0) is 23.9 Å². The Morgan fingerprint density at radius 1 is 0.919 bits per heavy atom. The molecule has 37 heavy (non-hydrogen) atoms. The lowest BCUT2D eigenvalue weighted by Crippen LogP contribution is -2.31. The predicted molar refractivity (Wildman–Crippen MR) is 147 cm³/mol. The third-order valence-corrected chi connectivity index (χ3v) is 8.23. The number of halogens is 1. The summed E-state index contributed by atoms with van der Waals surface area (Å²) in [6.07, 6.45) is 0. The molecule has 4 aromatic rings. The maximum absolute atomic E-state index is 13.8. The lowest BCUT2D eigenvalue weighted by atomic mass is 10.0. The van der Waals surface area contributed by atoms with Crippen molar-refractivity contribution in [1.82, 2.24) is 5.32 Å². The Balaban J connectivity index is 1.55. The Labute approximate surface area is 223 Å². The van der Waals surface area contributed by atoms with Crippen LogP contribution in [0.5, 0.6) is 0 Å². The SMILES string of the molecule is Cc1ccc(C)c(CN2C(=O)c3ccccc3[S@@](=O)c3ccc(C(=O)NCc4ccc(Cl)cc4)cc32)c1. The largest absolute Gasteiger partial charge is 0.348 e. The number of nitrogens with one attached hydrogen (secondary N) is 1. The van der Waals surface area contributed by atoms with Gasteiger partial charge in [0.05, 0.1) is 38.4 Å². The Hall–Kier alpha value is -3.74. The van der Waals surface area contributed by atoms with Gasteiger partial charge in [0.2, 0.25) is 0 Å². The van der Waals surface area contributed by atoms with Gasteiger partial charge in [-0.2, -0.15) is 0 Å². The van der Waals surface area contributed by atoms with E-state index in [0.29, 0.717) is 44.7 Å². The Morgan fingerprint density at radius 2 is 1.68 bits per heavy atom. The molecule has 5 rings (SSSR count). The van der Waals surface area contributed by atoms with E-state index in [1.165, 1.54) is 0 Å². The van der Waals surface area contributed by atoms with Crippen LogP contribution in [0.1, 0.15) is 43.0 Å². The second-order valence-corrected chi connectivity index (χ2v) is 10.9. The third kappa shape index (κ3) is 5.08. The van der Waals surface area contributed by atoms with Crippen LogP contribution in [0.4, 0.5) is 5.69 Å². The molecule has 1 aliphatic rings. The lowest BCUT2D eigenvalue weighted by molar-refractivity contribution is 0.0947. The van der Waals surface area contributed by atoms with Gasteiger partial charge in [0.1, 0.15) is 0 Å². The van der Waals surface area contributed by atoms with E-state index in [9.17, 15) is 13.8 Å². The van der Waals surface area contributed by atoms with Crippen molar-refractivity contribution in [2.45, 2.75) is 36.7 Å². The smallest absolute Gasteiger partial charge is 0.259 e. The third-order valence-electron chi connectivity index (χ3n) is 6.47. The molecule has 0 radical (unpaired) electrons. The Morgan fingerprint density at radius 3 is 2.46 bits per heavy atom. The molecule has 1 heterocycles. The van der Waals surface area contributed by atoms with E-state index in [1.807, 2.05) is 38.1 Å². The molecule has 5 nitrogen and oxygen atoms in total. The van der Waals surface area contributed by atoms with Gasteiger partial charge in [0.15, 0.2) is 0 Å². The second kappa shape index (κ2) is 10.3. The quantitative estimate of drug-likeness (QED) is 0.334. The number of hydrogen-bond acceptors (Lipinski definition) is 3. The average Bonchev–Trinajstić information content (AvgIpc) is 2.99. The summed E-state index contributed by atoms with van der Waals surface area (Å²) in [5.41, 5.74) is 5.29. The molecule has 0 spiro atoms. The molecule has 0 saturated carbocycles. The van der Waals surface area contributed by atoms with Gasteiger partial charge in [0, 0.05) is 17.1 Å². The van der Waals surface area contributed by atoms with Crippen LogP contribution in [0.15, 0.2) is 94.7 Å². The van der Waals surface area contributed by atoms with Gasteiger partial charge in [0.25, 0.3) is 11.8 Å². The monoisotopic (exact) mass is 528 g/mol. The van der Waals surface area contributed by atoms with Gasteiger partial charge in [-0.25, -0.2) is 4.21 Å². The summed E-state index contributed by atoms with van der Waals surface area (Å²) in [6.45, 7) is 4.63. The molecule has 0 aromatic heterocycles. The molecule has 1 aliphatic heterocycles. The van der Waals surface area contributed by atoms with E-state index >= 15 is 0 Å². The van der Waals surface area contributed by atoms with Crippen molar-refractivity contribution in [2.75, 3.05) is 4.90 Å². The highest BCUT2D eigenvalue weighted by atomic mass is 35.5. The van der Waals surface area contributed by atoms with E-state index in [-0.39, 0.29) is 11.8 Å². The highest BCUT2D eigenvalue weighted by molar-refractivity contribution is 7.85. The molecule has 1 N–H and O–H groups in total. The van der Waals surface area contributed by atoms with E-state index in [2.05, 4.69) is 11.4 Å². The molecule has 0 saturated heterocycles. The highest BCUT2D eigenvalue weighted by Gasteiger charge is 2.31. The fourth-order valence-corrected chi connectivity index (χ4v) is 5.86. The van der Waals surface area contributed by atoms with Crippen molar-refractivity contribution in [3.63, 3.8) is 0 Å². The standard InChI is InChI=1S/C30H25ClN2O3S/c1-19-7-8-20(2)23(15-19)18-33-26-16-22(29(34)32-17-21-9-12-24(31)13-10-21)11-14-28(26)37(36)27-6-4-3-5-25(27)30(33)35/h3-16H,17-18H2,1-2H3,(H,32,34)/t37-/m1/s1. The van der Waals surface area contributed by atoms with Gasteiger partial charge < -0.3 is 10.2 Å². The molecule has 0 unspecified atom stereocenters. The number of rotatable bonds is 5. The number of nitrogens with zero attached hydrogens (tertiary/aromatic N) is 1. The second-order valence-electron chi connectivity index (χ2n) is 9.08. The topological polar surface area (TPSA) is 66.5 Å². The zero-order valence-corrected chi connectivity index (χ0v) is 22.0. The van der Waals surface area contributed by atoms with Crippen LogP contribution in [-0.4, -0.2) is 16.0 Å². The average molecular weight is 529 g/mol. The van der Waals surface area contributed by atoms with Gasteiger partial charge >= 0.3 is 0 Å². The molecule has 186 valence electrons. The minimum atomic E-state index is -1.58. The van der Waals surface area contributed by atoms with Gasteiger partial charge in [-0.05, 0) is 73.0 Å². The Kier molecular flexibility index (Phi) is 6.96. The maximum atomic E-state index is 13.8. The van der Waals surface area contributed by atoms with E-state index < -0.39 is 10.8 Å². The summed E-state index contributed by atoms with van der Waals surface area (Å²) in [7, 11) is -1.58. The number of carbonyl (C=O) groups is 2. The molecule has 0 bridgehead atoms. The number of anilines is 1. The lowest BCUT2D eigenvalue weighted by Gasteiger charge is -2.24. The van der Waals surface area contributed by atoms with Crippen molar-refractivity contribution in [1.29, 1.82) is 0 Å². The first-order valence-electron chi connectivity index (χ1n) is 11.9. The molecule has 4 aromatic carbocycles. The van der Waals surface area contributed by atoms with Crippen molar-refractivity contribution < 1.29 is 13.8 Å². The normalized spacial score (nSPS) is 14.5. The minimum Gasteiger partial charge on any atom is -0.348 e. The summed E-state index contributed by atoms with van der Waals surface area (Å²) in [5.74, 6) is -0.535. The van der Waals surface area contributed by atoms with Gasteiger partial charge in [-0.1, -0.05) is 59.6 Å². The fourth-order valence-electron chi connectivity index (χ4n) is 4.39. The summed E-state index contributed by atoms with van der Waals surface area (Å²) in [5, 5.41) is 3.54. The van der Waals surface area contributed by atoms with E-state index in [0.717, 1.165) is 22.3 Å². The zero-order valence-electron chi connectivity index (χ0n) is 20.5. The van der Waals surface area contributed by atoms with Crippen molar-refractivity contribution in [2.24, 2.45) is 0 Å². The number of hydrogen-bond donors (Lipinski definition) is 1. The summed E-state index contributed by atoms with van der Waals surface area (Å²) in [6, 6.07) is 25.4. The number of aryl methyl sites for hydroxylation is 2. The predicted octanol–water partition coefficient (Wildman–Crippen LogP) is 6.21. The van der Waals surface area contributed by atoms with Gasteiger partial charge in [-0.15, -0.1) is 0 Å². The molecule has 2 amide bonds. The van der Waals surface area contributed by atoms with Crippen molar-refractivity contribution in [3.05, 3.63) is 123 Å². The molecule has 1 atom stereocenters. The molecular weight excluding hydrogens is 504 g/mol. The zero-order chi connectivity index (χ0) is 26.1. The van der Waals surface area contributed by atoms with Crippen LogP contribution in [0, 0.1) is 13.8 Å². The summed E-state index contributed by atoms with van der Waals surface area (Å²) >= 11 is 5.95. The van der Waals surface area contributed by atoms with Crippen LogP contribution in [0.2, 0.25) is 5.02 Å². The Bertz CT molecular complexity index is 1550. The van der Waals surface area contributed by atoms with E-state index in [4.69, 9.17) is 11.6 Å². The first kappa shape index (κ1) is 24.9. The number of fused-ring (bicyclic) bond motifs is 2. The first-order valence-corrected chi connectivity index (χ1v) is 13.4. The number of carbonyl (C=O) groups excluding carboxylic acids is 2. The van der Waals surface area contributed by atoms with Crippen LogP contribution in [0.25, 0.3) is 0 Å². The number of amides is 2. The first-order chi connectivity index (χ1) is 17.8. The minimum absolute atomic E-state index is 0.248.